The number of urea groups is 1. The zero-order valence-corrected chi connectivity index (χ0v) is 11.3. The number of aromatic amines is 1. The molecule has 20 heavy (non-hydrogen) atoms. The Kier molecular flexibility index (Phi) is 5.00. The first kappa shape index (κ1) is 13.9. The molecule has 1 aromatic carbocycles. The van der Waals surface area contributed by atoms with E-state index in [1.54, 1.807) is 6.20 Å². The van der Waals surface area contributed by atoms with E-state index in [2.05, 4.69) is 20.8 Å². The molecule has 0 radical (unpaired) electrons. The quantitative estimate of drug-likeness (QED) is 0.756. The van der Waals surface area contributed by atoms with Crippen LogP contribution in [0.5, 0.6) is 5.75 Å². The Hall–Kier alpha value is -2.50. The molecular formula is C14H18N4O2. The number of H-pyrrole nitrogens is 1. The maximum atomic E-state index is 11.7. The number of hydrogen-bond acceptors (Lipinski definition) is 3. The van der Waals surface area contributed by atoms with Crippen molar-refractivity contribution in [3.05, 3.63) is 42.7 Å². The van der Waals surface area contributed by atoms with Crippen LogP contribution in [0.1, 0.15) is 13.3 Å². The fourth-order valence-electron chi connectivity index (χ4n) is 1.66. The van der Waals surface area contributed by atoms with Crippen LogP contribution in [0.2, 0.25) is 0 Å². The van der Waals surface area contributed by atoms with Gasteiger partial charge >= 0.3 is 6.03 Å². The molecule has 1 aromatic heterocycles. The fraction of sp³-hybridized carbons (Fsp3) is 0.286. The highest BCUT2D eigenvalue weighted by atomic mass is 16.5. The van der Waals surface area contributed by atoms with E-state index in [0.717, 1.165) is 12.2 Å². The van der Waals surface area contributed by atoms with E-state index < -0.39 is 0 Å². The van der Waals surface area contributed by atoms with Gasteiger partial charge in [0.2, 0.25) is 0 Å². The van der Waals surface area contributed by atoms with Crippen LogP contribution in [0.25, 0.3) is 0 Å². The van der Waals surface area contributed by atoms with Crippen LogP contribution in [0.3, 0.4) is 0 Å². The summed E-state index contributed by atoms with van der Waals surface area (Å²) in [5.74, 6) is 0.802. The molecule has 0 spiro atoms. The summed E-state index contributed by atoms with van der Waals surface area (Å²) in [5.41, 5.74) is 0.625. The van der Waals surface area contributed by atoms with Crippen LogP contribution in [0, 0.1) is 0 Å². The number of carbonyl (C=O) groups excluding carboxylic acids is 1. The molecule has 0 saturated heterocycles. The van der Waals surface area contributed by atoms with Gasteiger partial charge in [-0.1, -0.05) is 25.1 Å². The second kappa shape index (κ2) is 7.18. The van der Waals surface area contributed by atoms with Crippen molar-refractivity contribution < 1.29 is 9.53 Å². The third-order valence-electron chi connectivity index (χ3n) is 2.75. The minimum atomic E-state index is -0.276. The molecule has 0 aliphatic carbocycles. The highest BCUT2D eigenvalue weighted by Crippen LogP contribution is 2.12. The Labute approximate surface area is 117 Å². The van der Waals surface area contributed by atoms with Crippen LogP contribution >= 0.6 is 0 Å². The molecule has 0 fully saturated rings. The molecule has 2 amide bonds. The first-order valence-corrected chi connectivity index (χ1v) is 6.53. The number of benzene rings is 1. The Morgan fingerprint density at radius 3 is 2.85 bits per heavy atom. The van der Waals surface area contributed by atoms with Crippen LogP contribution in [-0.2, 0) is 0 Å². The second-order valence-electron chi connectivity index (χ2n) is 4.28. The third-order valence-corrected chi connectivity index (χ3v) is 2.75. The summed E-state index contributed by atoms with van der Waals surface area (Å²) in [6.07, 6.45) is 3.89. The molecule has 2 aromatic rings. The predicted molar refractivity (Wildman–Crippen MR) is 76.8 cm³/mol. The van der Waals surface area contributed by atoms with E-state index in [-0.39, 0.29) is 12.1 Å². The zero-order valence-electron chi connectivity index (χ0n) is 11.3. The molecule has 0 bridgehead atoms. The van der Waals surface area contributed by atoms with Gasteiger partial charge in [-0.05, 0) is 18.6 Å². The molecule has 3 N–H and O–H groups in total. The van der Waals surface area contributed by atoms with Crippen LogP contribution < -0.4 is 15.4 Å². The molecule has 1 unspecified atom stereocenters. The topological polar surface area (TPSA) is 79.0 Å². The number of amides is 2. The monoisotopic (exact) mass is 274 g/mol. The number of anilines is 1. The van der Waals surface area contributed by atoms with E-state index in [1.807, 2.05) is 37.3 Å². The van der Waals surface area contributed by atoms with Gasteiger partial charge in [-0.2, -0.15) is 5.10 Å². The Morgan fingerprint density at radius 2 is 2.20 bits per heavy atom. The maximum absolute atomic E-state index is 11.7. The van der Waals surface area contributed by atoms with Gasteiger partial charge in [0, 0.05) is 6.20 Å². The highest BCUT2D eigenvalue weighted by molar-refractivity contribution is 5.88. The van der Waals surface area contributed by atoms with Gasteiger partial charge < -0.3 is 15.4 Å². The third kappa shape index (κ3) is 4.31. The molecule has 1 heterocycles. The summed E-state index contributed by atoms with van der Waals surface area (Å²) < 4.78 is 5.79. The van der Waals surface area contributed by atoms with Crippen LogP contribution in [-0.4, -0.2) is 28.9 Å². The second-order valence-corrected chi connectivity index (χ2v) is 4.28. The Morgan fingerprint density at radius 1 is 1.40 bits per heavy atom. The molecular weight excluding hydrogens is 256 g/mol. The van der Waals surface area contributed by atoms with Crippen molar-refractivity contribution >= 4 is 11.7 Å². The molecule has 0 aliphatic rings. The van der Waals surface area contributed by atoms with Crippen molar-refractivity contribution in [2.75, 3.05) is 11.9 Å². The molecule has 1 atom stereocenters. The number of para-hydroxylation sites is 1. The lowest BCUT2D eigenvalue weighted by Crippen LogP contribution is -2.37. The number of ether oxygens (including phenoxy) is 1. The van der Waals surface area contributed by atoms with Gasteiger partial charge in [0.1, 0.15) is 11.9 Å². The van der Waals surface area contributed by atoms with Gasteiger partial charge in [-0.25, -0.2) is 4.79 Å². The lowest BCUT2D eigenvalue weighted by atomic mass is 10.2. The van der Waals surface area contributed by atoms with Gasteiger partial charge in [-0.3, -0.25) is 5.10 Å². The number of nitrogens with zero attached hydrogens (tertiary/aromatic N) is 1. The lowest BCUT2D eigenvalue weighted by Gasteiger charge is -2.18. The van der Waals surface area contributed by atoms with E-state index in [4.69, 9.17) is 4.74 Å². The average Bonchev–Trinajstić information content (AvgIpc) is 2.97. The molecule has 0 aliphatic heterocycles. The summed E-state index contributed by atoms with van der Waals surface area (Å²) in [6.45, 7) is 2.46. The van der Waals surface area contributed by atoms with Crippen molar-refractivity contribution in [1.29, 1.82) is 0 Å². The van der Waals surface area contributed by atoms with Crippen molar-refractivity contribution in [1.82, 2.24) is 15.5 Å². The molecule has 2 rings (SSSR count). The van der Waals surface area contributed by atoms with Crippen molar-refractivity contribution in [3.8, 4) is 5.75 Å². The Bertz CT molecular complexity index is 513. The average molecular weight is 274 g/mol. The van der Waals surface area contributed by atoms with Crippen molar-refractivity contribution in [3.63, 3.8) is 0 Å². The zero-order chi connectivity index (χ0) is 14.2. The largest absolute Gasteiger partial charge is 0.489 e. The minimum absolute atomic E-state index is 0.0625. The number of nitrogens with one attached hydrogen (secondary N) is 3. The molecule has 6 nitrogen and oxygen atoms in total. The predicted octanol–water partition coefficient (Wildman–Crippen LogP) is 2.39. The molecule has 6 heteroatoms. The molecule has 106 valence electrons. The number of hydrogen-bond donors (Lipinski definition) is 3. The minimum Gasteiger partial charge on any atom is -0.489 e. The van der Waals surface area contributed by atoms with Gasteiger partial charge in [0.15, 0.2) is 0 Å². The summed E-state index contributed by atoms with van der Waals surface area (Å²) in [5, 5.41) is 11.8. The number of aromatic nitrogens is 2. The van der Waals surface area contributed by atoms with Crippen molar-refractivity contribution in [2.24, 2.45) is 0 Å². The van der Waals surface area contributed by atoms with E-state index in [1.165, 1.54) is 6.20 Å². The van der Waals surface area contributed by atoms with Gasteiger partial charge in [0.25, 0.3) is 0 Å². The first-order chi connectivity index (χ1) is 9.78. The summed E-state index contributed by atoms with van der Waals surface area (Å²) in [4.78, 5) is 11.7. The SMILES string of the molecule is CCC(CNC(=O)Nc1cn[nH]c1)Oc1ccccc1. The summed E-state index contributed by atoms with van der Waals surface area (Å²) >= 11 is 0. The van der Waals surface area contributed by atoms with Crippen molar-refractivity contribution in [2.45, 2.75) is 19.4 Å². The summed E-state index contributed by atoms with van der Waals surface area (Å²) in [7, 11) is 0. The smallest absolute Gasteiger partial charge is 0.319 e. The fourth-order valence-corrected chi connectivity index (χ4v) is 1.66. The number of rotatable bonds is 6. The normalized spacial score (nSPS) is 11.7. The summed E-state index contributed by atoms with van der Waals surface area (Å²) in [6, 6.07) is 9.29. The van der Waals surface area contributed by atoms with Gasteiger partial charge in [0.05, 0.1) is 18.4 Å². The van der Waals surface area contributed by atoms with Gasteiger partial charge in [-0.15, -0.1) is 0 Å². The first-order valence-electron chi connectivity index (χ1n) is 6.53. The van der Waals surface area contributed by atoms with Crippen LogP contribution in [0.15, 0.2) is 42.7 Å². The lowest BCUT2D eigenvalue weighted by molar-refractivity contribution is 0.192. The maximum Gasteiger partial charge on any atom is 0.319 e. The van der Waals surface area contributed by atoms with E-state index in [0.29, 0.717) is 12.2 Å². The van der Waals surface area contributed by atoms with E-state index >= 15 is 0 Å². The number of carbonyl (C=O) groups is 1. The molecule has 0 saturated carbocycles. The highest BCUT2D eigenvalue weighted by Gasteiger charge is 2.10. The Balaban J connectivity index is 1.77. The van der Waals surface area contributed by atoms with Crippen LogP contribution in [0.4, 0.5) is 10.5 Å². The van der Waals surface area contributed by atoms with E-state index in [9.17, 15) is 4.79 Å². The standard InChI is InChI=1S/C14H18N4O2/c1-2-12(20-13-6-4-3-5-7-13)10-15-14(19)18-11-8-16-17-9-11/h3-9,12H,2,10H2,1H3,(H,16,17)(H2,15,18,19).